The van der Waals surface area contributed by atoms with Crippen molar-refractivity contribution in [3.8, 4) is 17.1 Å². The van der Waals surface area contributed by atoms with Crippen LogP contribution in [0, 0.1) is 11.8 Å². The number of ether oxygens (including phenoxy) is 1. The summed E-state index contributed by atoms with van der Waals surface area (Å²) in [5.41, 5.74) is 3.61. The zero-order chi connectivity index (χ0) is 25.4. The largest absolute Gasteiger partial charge is 0.478 e. The number of nitrogens with one attached hydrogen (secondary N) is 1. The van der Waals surface area contributed by atoms with Crippen molar-refractivity contribution < 1.29 is 19.4 Å². The minimum absolute atomic E-state index is 0.0131. The number of aromatic carboxylic acids is 1. The van der Waals surface area contributed by atoms with Crippen molar-refractivity contribution in [2.75, 3.05) is 12.4 Å². The Balaban J connectivity index is 1.78. The molecule has 0 aliphatic carbocycles. The maximum Gasteiger partial charge on any atom is 0.336 e. The molecule has 186 valence electrons. The SMILES string of the molecule is CCOc1ncc(CNC(=O)[C@@H](CS)CC(C)C)n1Cc1ccc(-c2ccccc2C(=O)O)cc1. The summed E-state index contributed by atoms with van der Waals surface area (Å²) < 4.78 is 7.66. The van der Waals surface area contributed by atoms with Gasteiger partial charge in [-0.15, -0.1) is 0 Å². The summed E-state index contributed by atoms with van der Waals surface area (Å²) in [7, 11) is 0. The first-order valence-corrected chi connectivity index (χ1v) is 12.4. The van der Waals surface area contributed by atoms with Crippen LogP contribution in [0.15, 0.2) is 54.7 Å². The van der Waals surface area contributed by atoms with E-state index in [1.54, 1.807) is 24.4 Å². The van der Waals surface area contributed by atoms with Gasteiger partial charge in [-0.1, -0.05) is 56.3 Å². The first kappa shape index (κ1) is 26.3. The highest BCUT2D eigenvalue weighted by atomic mass is 32.1. The zero-order valence-corrected chi connectivity index (χ0v) is 21.3. The number of hydrogen-bond acceptors (Lipinski definition) is 5. The van der Waals surface area contributed by atoms with Gasteiger partial charge in [-0.05, 0) is 42.0 Å². The van der Waals surface area contributed by atoms with Gasteiger partial charge in [-0.2, -0.15) is 12.6 Å². The normalized spacial score (nSPS) is 11.9. The summed E-state index contributed by atoms with van der Waals surface area (Å²) in [4.78, 5) is 28.6. The number of carbonyl (C=O) groups is 2. The average Bonchev–Trinajstić information content (AvgIpc) is 3.22. The second-order valence-electron chi connectivity index (χ2n) is 8.83. The van der Waals surface area contributed by atoms with Gasteiger partial charge in [-0.3, -0.25) is 9.36 Å². The molecule has 0 saturated heterocycles. The minimum Gasteiger partial charge on any atom is -0.478 e. The Morgan fingerprint density at radius 2 is 1.86 bits per heavy atom. The third kappa shape index (κ3) is 6.88. The Morgan fingerprint density at radius 1 is 1.14 bits per heavy atom. The van der Waals surface area contributed by atoms with E-state index < -0.39 is 5.97 Å². The number of carboxylic acids is 1. The molecular formula is C27H33N3O4S. The molecule has 35 heavy (non-hydrogen) atoms. The van der Waals surface area contributed by atoms with Crippen LogP contribution < -0.4 is 10.1 Å². The Kier molecular flexibility index (Phi) is 9.37. The number of carbonyl (C=O) groups excluding carboxylic acids is 1. The van der Waals surface area contributed by atoms with Crippen molar-refractivity contribution in [3.05, 3.63) is 71.5 Å². The van der Waals surface area contributed by atoms with Gasteiger partial charge in [-0.25, -0.2) is 9.78 Å². The molecule has 0 saturated carbocycles. The second-order valence-corrected chi connectivity index (χ2v) is 9.19. The number of thiol groups is 1. The van der Waals surface area contributed by atoms with E-state index in [1.807, 2.05) is 41.8 Å². The summed E-state index contributed by atoms with van der Waals surface area (Å²) in [5, 5.41) is 12.5. The number of nitrogens with zero attached hydrogens (tertiary/aromatic N) is 2. The summed E-state index contributed by atoms with van der Waals surface area (Å²) >= 11 is 4.35. The number of rotatable bonds is 12. The Bertz CT molecular complexity index is 1140. The van der Waals surface area contributed by atoms with Gasteiger partial charge < -0.3 is 15.2 Å². The molecule has 1 atom stereocenters. The summed E-state index contributed by atoms with van der Waals surface area (Å²) in [5.74, 6) is -0.184. The predicted octanol–water partition coefficient (Wildman–Crippen LogP) is 4.90. The molecule has 1 heterocycles. The van der Waals surface area contributed by atoms with Crippen molar-refractivity contribution >= 4 is 24.5 Å². The minimum atomic E-state index is -0.954. The molecule has 0 aliphatic heterocycles. The molecule has 1 amide bonds. The number of benzene rings is 2. The van der Waals surface area contributed by atoms with E-state index in [1.165, 1.54) is 0 Å². The molecular weight excluding hydrogens is 462 g/mol. The fourth-order valence-corrected chi connectivity index (χ4v) is 4.31. The van der Waals surface area contributed by atoms with Crippen molar-refractivity contribution in [3.63, 3.8) is 0 Å². The van der Waals surface area contributed by atoms with E-state index >= 15 is 0 Å². The summed E-state index contributed by atoms with van der Waals surface area (Å²) in [6, 6.07) is 15.2. The van der Waals surface area contributed by atoms with E-state index in [4.69, 9.17) is 4.74 Å². The smallest absolute Gasteiger partial charge is 0.336 e. The number of imidazole rings is 1. The third-order valence-electron chi connectivity index (χ3n) is 5.73. The van der Waals surface area contributed by atoms with Crippen LogP contribution in [0.3, 0.4) is 0 Å². The van der Waals surface area contributed by atoms with Crippen molar-refractivity contribution in [1.29, 1.82) is 0 Å². The van der Waals surface area contributed by atoms with E-state index in [2.05, 4.69) is 36.8 Å². The van der Waals surface area contributed by atoms with Gasteiger partial charge >= 0.3 is 5.97 Å². The third-order valence-corrected chi connectivity index (χ3v) is 6.17. The van der Waals surface area contributed by atoms with Crippen LogP contribution >= 0.6 is 12.6 Å². The molecule has 1 aromatic heterocycles. The highest BCUT2D eigenvalue weighted by molar-refractivity contribution is 7.80. The lowest BCUT2D eigenvalue weighted by molar-refractivity contribution is -0.124. The molecule has 0 radical (unpaired) electrons. The quantitative estimate of drug-likeness (QED) is 0.311. The van der Waals surface area contributed by atoms with Crippen LogP contribution in [0.5, 0.6) is 6.01 Å². The molecule has 3 aromatic rings. The molecule has 7 nitrogen and oxygen atoms in total. The highest BCUT2D eigenvalue weighted by Crippen LogP contribution is 2.25. The first-order chi connectivity index (χ1) is 16.8. The van der Waals surface area contributed by atoms with E-state index in [0.717, 1.165) is 23.2 Å². The molecule has 0 fully saturated rings. The Hall–Kier alpha value is -3.26. The van der Waals surface area contributed by atoms with Crippen molar-refractivity contribution in [2.45, 2.75) is 40.3 Å². The number of carboxylic acid groups (broad SMARTS) is 1. The summed E-state index contributed by atoms with van der Waals surface area (Å²) in [6.45, 7) is 7.41. The van der Waals surface area contributed by atoms with Crippen LogP contribution in [0.4, 0.5) is 0 Å². The lowest BCUT2D eigenvalue weighted by atomic mass is 9.98. The van der Waals surface area contributed by atoms with E-state index in [0.29, 0.717) is 42.9 Å². The fourth-order valence-electron chi connectivity index (χ4n) is 4.00. The topological polar surface area (TPSA) is 93.5 Å². The monoisotopic (exact) mass is 495 g/mol. The van der Waals surface area contributed by atoms with Crippen LogP contribution in [-0.2, 0) is 17.9 Å². The van der Waals surface area contributed by atoms with Gasteiger partial charge in [0.05, 0.1) is 37.2 Å². The van der Waals surface area contributed by atoms with E-state index in [-0.39, 0.29) is 17.4 Å². The van der Waals surface area contributed by atoms with Gasteiger partial charge in [0.1, 0.15) is 0 Å². The van der Waals surface area contributed by atoms with Crippen LogP contribution in [0.25, 0.3) is 11.1 Å². The van der Waals surface area contributed by atoms with Crippen LogP contribution in [0.2, 0.25) is 0 Å². The molecule has 0 unspecified atom stereocenters. The maximum absolute atomic E-state index is 12.7. The molecule has 2 N–H and O–H groups in total. The highest BCUT2D eigenvalue weighted by Gasteiger charge is 2.19. The van der Waals surface area contributed by atoms with Gasteiger partial charge in [0.2, 0.25) is 5.91 Å². The lowest BCUT2D eigenvalue weighted by Crippen LogP contribution is -2.32. The van der Waals surface area contributed by atoms with Crippen LogP contribution in [-0.4, -0.2) is 38.9 Å². The van der Waals surface area contributed by atoms with Gasteiger partial charge in [0.15, 0.2) is 0 Å². The molecule has 8 heteroatoms. The van der Waals surface area contributed by atoms with Gasteiger partial charge in [0.25, 0.3) is 6.01 Å². The van der Waals surface area contributed by atoms with E-state index in [9.17, 15) is 14.7 Å². The number of amides is 1. The first-order valence-electron chi connectivity index (χ1n) is 11.8. The lowest BCUT2D eigenvalue weighted by Gasteiger charge is -2.17. The molecule has 0 spiro atoms. The Morgan fingerprint density at radius 3 is 2.49 bits per heavy atom. The van der Waals surface area contributed by atoms with Crippen molar-refractivity contribution in [1.82, 2.24) is 14.9 Å². The number of hydrogen-bond donors (Lipinski definition) is 3. The zero-order valence-electron chi connectivity index (χ0n) is 20.4. The standard InChI is InChI=1S/C27H33N3O4S/c1-4-34-27-29-15-22(14-28-25(31)21(17-35)13-18(2)3)30(27)16-19-9-11-20(12-10-19)23-7-5-6-8-24(23)26(32)33/h5-12,15,18,21,35H,4,13-14,16-17H2,1-3H3,(H,28,31)(H,32,33)/t21-/m1/s1. The fraction of sp³-hybridized carbons (Fsp3) is 0.370. The van der Waals surface area contributed by atoms with Gasteiger partial charge in [0, 0.05) is 11.7 Å². The molecule has 0 bridgehead atoms. The summed E-state index contributed by atoms with van der Waals surface area (Å²) in [6.07, 6.45) is 2.51. The number of aromatic nitrogens is 2. The second kappa shape index (κ2) is 12.4. The molecule has 3 rings (SSSR count). The molecule has 0 aliphatic rings. The maximum atomic E-state index is 12.7. The average molecular weight is 496 g/mol. The molecule has 2 aromatic carbocycles. The van der Waals surface area contributed by atoms with Crippen LogP contribution in [0.1, 0.15) is 48.8 Å². The van der Waals surface area contributed by atoms with Crippen molar-refractivity contribution in [2.24, 2.45) is 11.8 Å². The predicted molar refractivity (Wildman–Crippen MR) is 140 cm³/mol. The Labute approximate surface area is 211 Å².